The Hall–Kier alpha value is -4.12. The van der Waals surface area contributed by atoms with E-state index in [4.69, 9.17) is 14.2 Å². The van der Waals surface area contributed by atoms with Gasteiger partial charge in [0.1, 0.15) is 17.5 Å². The van der Waals surface area contributed by atoms with Crippen LogP contribution < -0.4 is 25.2 Å². The summed E-state index contributed by atoms with van der Waals surface area (Å²) < 4.78 is 18.2. The summed E-state index contributed by atoms with van der Waals surface area (Å²) in [5.74, 6) is 1.00. The lowest BCUT2D eigenvalue weighted by Gasteiger charge is -2.44. The van der Waals surface area contributed by atoms with Crippen LogP contribution in [0.25, 0.3) is 11.0 Å². The predicted octanol–water partition coefficient (Wildman–Crippen LogP) is 2.08. The summed E-state index contributed by atoms with van der Waals surface area (Å²) in [5.41, 5.74) is 1.69. The highest BCUT2D eigenvalue weighted by Crippen LogP contribution is 2.35. The van der Waals surface area contributed by atoms with Gasteiger partial charge in [-0.1, -0.05) is 0 Å². The van der Waals surface area contributed by atoms with Crippen molar-refractivity contribution >= 4 is 34.4 Å². The Morgan fingerprint density at radius 2 is 1.95 bits per heavy atom. The Balaban J connectivity index is 1.12. The van der Waals surface area contributed by atoms with Crippen molar-refractivity contribution in [3.05, 3.63) is 52.8 Å². The van der Waals surface area contributed by atoms with E-state index in [0.717, 1.165) is 18.4 Å². The van der Waals surface area contributed by atoms with Gasteiger partial charge in [-0.05, 0) is 43.3 Å². The quantitative estimate of drug-likeness (QED) is 0.561. The number of aromatic nitrogens is 2. The molecular formula is C26H27N5O6. The first-order valence-corrected chi connectivity index (χ1v) is 12.3. The van der Waals surface area contributed by atoms with Crippen LogP contribution in [-0.2, 0) is 16.1 Å². The number of fused-ring (bicyclic) bond motifs is 3. The van der Waals surface area contributed by atoms with Gasteiger partial charge >= 0.3 is 6.09 Å². The van der Waals surface area contributed by atoms with E-state index < -0.39 is 6.09 Å². The number of amides is 2. The second-order valence-electron chi connectivity index (χ2n) is 9.49. The molecule has 2 amide bonds. The second kappa shape index (κ2) is 9.40. The minimum Gasteiger partial charge on any atom is -0.482 e. The SMILES string of the molecule is COc1ccc2ccc(=O)n(CCN3CCC4CN(c5ccc6c(c5)NC(=O)CO6)C(=O)OC4C3)c2n1. The van der Waals surface area contributed by atoms with Crippen LogP contribution in [0, 0.1) is 5.92 Å². The number of ether oxygens (including phenoxy) is 3. The number of piperidine rings is 1. The molecule has 0 saturated carbocycles. The first-order chi connectivity index (χ1) is 18.0. The molecular weight excluding hydrogens is 478 g/mol. The van der Waals surface area contributed by atoms with Gasteiger partial charge < -0.3 is 19.5 Å². The van der Waals surface area contributed by atoms with Gasteiger partial charge in [0.05, 0.1) is 12.8 Å². The molecule has 3 aromatic rings. The summed E-state index contributed by atoms with van der Waals surface area (Å²) in [4.78, 5) is 45.5. The third-order valence-electron chi connectivity index (χ3n) is 7.23. The molecule has 1 aromatic carbocycles. The zero-order valence-electron chi connectivity index (χ0n) is 20.4. The van der Waals surface area contributed by atoms with Gasteiger partial charge in [-0.15, -0.1) is 0 Å². The van der Waals surface area contributed by atoms with Gasteiger partial charge in [0, 0.05) is 55.3 Å². The number of hydrogen-bond donors (Lipinski definition) is 1. The smallest absolute Gasteiger partial charge is 0.414 e. The van der Waals surface area contributed by atoms with Crippen molar-refractivity contribution in [2.24, 2.45) is 5.92 Å². The van der Waals surface area contributed by atoms with E-state index in [1.165, 1.54) is 0 Å². The summed E-state index contributed by atoms with van der Waals surface area (Å²) in [6.45, 7) is 3.06. The Bertz CT molecular complexity index is 1440. The Morgan fingerprint density at radius 3 is 2.81 bits per heavy atom. The Labute approximate surface area is 212 Å². The summed E-state index contributed by atoms with van der Waals surface area (Å²) in [6, 6.07) is 12.3. The van der Waals surface area contributed by atoms with E-state index in [1.54, 1.807) is 53.0 Å². The Kier molecular flexibility index (Phi) is 5.91. The molecule has 192 valence electrons. The van der Waals surface area contributed by atoms with E-state index in [2.05, 4.69) is 15.2 Å². The molecule has 2 fully saturated rings. The van der Waals surface area contributed by atoms with Gasteiger partial charge in [0.25, 0.3) is 11.5 Å². The highest BCUT2D eigenvalue weighted by atomic mass is 16.6. The predicted molar refractivity (Wildman–Crippen MR) is 135 cm³/mol. The number of likely N-dealkylation sites (tertiary alicyclic amines) is 1. The summed E-state index contributed by atoms with van der Waals surface area (Å²) >= 11 is 0. The van der Waals surface area contributed by atoms with E-state index >= 15 is 0 Å². The third-order valence-corrected chi connectivity index (χ3v) is 7.23. The maximum Gasteiger partial charge on any atom is 0.414 e. The second-order valence-corrected chi connectivity index (χ2v) is 9.49. The summed E-state index contributed by atoms with van der Waals surface area (Å²) in [7, 11) is 1.55. The fourth-order valence-electron chi connectivity index (χ4n) is 5.24. The molecule has 11 heteroatoms. The maximum atomic E-state index is 12.9. The molecule has 0 bridgehead atoms. The maximum absolute atomic E-state index is 12.9. The fourth-order valence-corrected chi connectivity index (χ4v) is 5.24. The topological polar surface area (TPSA) is 115 Å². The van der Waals surface area contributed by atoms with Crippen LogP contribution in [0.1, 0.15) is 6.42 Å². The summed E-state index contributed by atoms with van der Waals surface area (Å²) in [6.07, 6.45) is 0.226. The lowest BCUT2D eigenvalue weighted by molar-refractivity contribution is -0.118. The average molecular weight is 506 g/mol. The molecule has 2 aromatic heterocycles. The van der Waals surface area contributed by atoms with Crippen molar-refractivity contribution in [3.63, 3.8) is 0 Å². The van der Waals surface area contributed by atoms with Crippen LogP contribution >= 0.6 is 0 Å². The average Bonchev–Trinajstić information content (AvgIpc) is 2.91. The minimum atomic E-state index is -0.410. The van der Waals surface area contributed by atoms with Crippen LogP contribution in [-0.4, -0.2) is 72.5 Å². The molecule has 2 unspecified atom stereocenters. The fraction of sp³-hybridized carbons (Fsp3) is 0.385. The molecule has 37 heavy (non-hydrogen) atoms. The van der Waals surface area contributed by atoms with Crippen LogP contribution in [0.2, 0.25) is 0 Å². The van der Waals surface area contributed by atoms with E-state index in [-0.39, 0.29) is 30.1 Å². The molecule has 11 nitrogen and oxygen atoms in total. The number of anilines is 2. The molecule has 3 aliphatic heterocycles. The molecule has 5 heterocycles. The minimum absolute atomic E-state index is 0.0157. The first kappa shape index (κ1) is 23.3. The third kappa shape index (κ3) is 4.46. The van der Waals surface area contributed by atoms with Crippen molar-refractivity contribution < 1.29 is 23.8 Å². The zero-order chi connectivity index (χ0) is 25.5. The van der Waals surface area contributed by atoms with Gasteiger partial charge in [0.2, 0.25) is 5.88 Å². The zero-order valence-corrected chi connectivity index (χ0v) is 20.4. The van der Waals surface area contributed by atoms with Crippen LogP contribution in [0.15, 0.2) is 47.3 Å². The van der Waals surface area contributed by atoms with E-state index in [1.807, 2.05) is 6.07 Å². The first-order valence-electron chi connectivity index (χ1n) is 12.3. The molecule has 2 atom stereocenters. The lowest BCUT2D eigenvalue weighted by Crippen LogP contribution is -2.56. The largest absolute Gasteiger partial charge is 0.482 e. The van der Waals surface area contributed by atoms with Crippen LogP contribution in [0.3, 0.4) is 0 Å². The van der Waals surface area contributed by atoms with Gasteiger partial charge in [0.15, 0.2) is 6.61 Å². The van der Waals surface area contributed by atoms with Gasteiger partial charge in [-0.25, -0.2) is 4.79 Å². The number of benzene rings is 1. The number of hydrogen-bond acceptors (Lipinski definition) is 8. The number of nitrogens with one attached hydrogen (secondary N) is 1. The highest BCUT2D eigenvalue weighted by Gasteiger charge is 2.40. The molecule has 1 N–H and O–H groups in total. The molecule has 6 rings (SSSR count). The van der Waals surface area contributed by atoms with Crippen molar-refractivity contribution in [1.29, 1.82) is 0 Å². The molecule has 2 saturated heterocycles. The van der Waals surface area contributed by atoms with Crippen molar-refractivity contribution in [2.75, 3.05) is 50.1 Å². The van der Waals surface area contributed by atoms with Crippen LogP contribution in [0.5, 0.6) is 11.6 Å². The van der Waals surface area contributed by atoms with Crippen molar-refractivity contribution in [1.82, 2.24) is 14.5 Å². The van der Waals surface area contributed by atoms with Crippen molar-refractivity contribution in [2.45, 2.75) is 19.1 Å². The molecule has 0 aliphatic carbocycles. The number of methoxy groups -OCH3 is 1. The monoisotopic (exact) mass is 505 g/mol. The van der Waals surface area contributed by atoms with Gasteiger partial charge in [-0.3, -0.25) is 24.0 Å². The standard InChI is InChI=1S/C26H27N5O6/c1-35-23-6-2-16-3-7-24(33)30(25(16)28-23)11-10-29-9-8-17-13-31(26(34)37-21(17)14-29)18-4-5-20-19(12-18)27-22(32)15-36-20/h2-7,12,17,21H,8-11,13-15H2,1H3,(H,27,32). The molecule has 0 spiro atoms. The lowest BCUT2D eigenvalue weighted by atomic mass is 9.91. The Morgan fingerprint density at radius 1 is 1.08 bits per heavy atom. The van der Waals surface area contributed by atoms with Crippen LogP contribution in [0.4, 0.5) is 16.2 Å². The van der Waals surface area contributed by atoms with Crippen molar-refractivity contribution in [3.8, 4) is 11.6 Å². The van der Waals surface area contributed by atoms with E-state index in [0.29, 0.717) is 54.8 Å². The highest BCUT2D eigenvalue weighted by molar-refractivity contribution is 5.97. The number of carbonyl (C=O) groups excluding carboxylic acids is 2. The number of rotatable bonds is 5. The molecule has 3 aliphatic rings. The van der Waals surface area contributed by atoms with E-state index in [9.17, 15) is 14.4 Å². The number of nitrogens with zero attached hydrogens (tertiary/aromatic N) is 4. The van der Waals surface area contributed by atoms with Gasteiger partial charge in [-0.2, -0.15) is 4.98 Å². The normalized spacial score (nSPS) is 21.5. The number of carbonyl (C=O) groups is 2. The number of pyridine rings is 2. The molecule has 0 radical (unpaired) electrons. The summed E-state index contributed by atoms with van der Waals surface area (Å²) in [5, 5.41) is 3.65.